The molecule has 0 spiro atoms. The van der Waals surface area contributed by atoms with Crippen molar-refractivity contribution in [2.45, 2.75) is 44.2 Å². The quantitative estimate of drug-likeness (QED) is 0.800. The third-order valence-corrected chi connectivity index (χ3v) is 5.64. The molecule has 2 aromatic heterocycles. The Morgan fingerprint density at radius 1 is 1.28 bits per heavy atom. The van der Waals surface area contributed by atoms with Gasteiger partial charge in [-0.1, -0.05) is 0 Å². The van der Waals surface area contributed by atoms with Crippen LogP contribution in [0.4, 0.5) is 24.8 Å². The van der Waals surface area contributed by atoms with E-state index in [1.54, 1.807) is 19.1 Å². The number of nitrogens with zero attached hydrogens (tertiary/aromatic N) is 4. The molecule has 4 heterocycles. The number of carbonyl (C=O) groups is 1. The van der Waals surface area contributed by atoms with Crippen molar-refractivity contribution in [3.05, 3.63) is 34.6 Å². The number of hydrogen-bond acceptors (Lipinski definition) is 5. The van der Waals surface area contributed by atoms with Gasteiger partial charge in [-0.15, -0.1) is 0 Å². The fourth-order valence-electron chi connectivity index (χ4n) is 4.11. The van der Waals surface area contributed by atoms with E-state index >= 15 is 0 Å². The Bertz CT molecular complexity index is 985. The molecule has 2 aromatic rings. The summed E-state index contributed by atoms with van der Waals surface area (Å²) < 4.78 is 40.6. The number of rotatable bonds is 2. The van der Waals surface area contributed by atoms with E-state index in [1.165, 1.54) is 0 Å². The Hall–Kier alpha value is -3.09. The molecule has 7 nitrogen and oxygen atoms in total. The summed E-state index contributed by atoms with van der Waals surface area (Å²) in [6.07, 6.45) is -3.85. The Morgan fingerprint density at radius 2 is 2.00 bits per heavy atom. The van der Waals surface area contributed by atoms with Crippen molar-refractivity contribution in [1.29, 1.82) is 5.26 Å². The summed E-state index contributed by atoms with van der Waals surface area (Å²) >= 11 is 0. The zero-order valence-corrected chi connectivity index (χ0v) is 15.7. The number of H-pyrrole nitrogens is 1. The van der Waals surface area contributed by atoms with Gasteiger partial charge in [-0.25, -0.2) is 4.98 Å². The maximum absolute atomic E-state index is 13.5. The van der Waals surface area contributed by atoms with Crippen LogP contribution in [0, 0.1) is 18.3 Å². The topological polar surface area (TPSA) is 97.7 Å². The molecule has 0 bridgehead atoms. The molecular weight excluding hydrogens is 385 g/mol. The molecule has 29 heavy (non-hydrogen) atoms. The van der Waals surface area contributed by atoms with Gasteiger partial charge >= 0.3 is 6.18 Å². The van der Waals surface area contributed by atoms with Crippen molar-refractivity contribution in [2.75, 3.05) is 23.3 Å². The van der Waals surface area contributed by atoms with E-state index < -0.39 is 24.4 Å². The minimum absolute atomic E-state index is 0.00890. The van der Waals surface area contributed by atoms with Gasteiger partial charge in [0.2, 0.25) is 5.91 Å². The standard InChI is InChI=1S/C19H19F3N6O/c1-10-12(9-23)2-3-14(24-10)28-6-4-11(5-7-28)17-16-13(19(20,21)22)8-15(29)25-18(16)27-26-17/h2-3,11,13H,4-8H2,1H3,(H2,25,26,27,29). The first-order valence-electron chi connectivity index (χ1n) is 9.35. The molecule has 1 unspecified atom stereocenters. The van der Waals surface area contributed by atoms with Crippen LogP contribution >= 0.6 is 0 Å². The third kappa shape index (κ3) is 3.52. The molecule has 4 rings (SSSR count). The molecule has 0 aromatic carbocycles. The summed E-state index contributed by atoms with van der Waals surface area (Å²) in [6.45, 7) is 3.02. The number of piperidine rings is 1. The number of nitrogens with one attached hydrogen (secondary N) is 2. The highest BCUT2D eigenvalue weighted by atomic mass is 19.4. The van der Waals surface area contributed by atoms with E-state index in [-0.39, 0.29) is 17.3 Å². The van der Waals surface area contributed by atoms with E-state index in [4.69, 9.17) is 5.26 Å². The van der Waals surface area contributed by atoms with Crippen LogP contribution in [-0.2, 0) is 4.79 Å². The van der Waals surface area contributed by atoms with E-state index in [2.05, 4.69) is 31.5 Å². The normalized spacial score (nSPS) is 20.2. The van der Waals surface area contributed by atoms with Gasteiger partial charge in [-0.2, -0.15) is 23.5 Å². The lowest BCUT2D eigenvalue weighted by atomic mass is 9.84. The number of aromatic amines is 1. The summed E-state index contributed by atoms with van der Waals surface area (Å²) in [6, 6.07) is 5.60. The summed E-state index contributed by atoms with van der Waals surface area (Å²) in [4.78, 5) is 18.2. The Balaban J connectivity index is 1.54. The van der Waals surface area contributed by atoms with Crippen LogP contribution in [0.3, 0.4) is 0 Å². The number of pyridine rings is 1. The third-order valence-electron chi connectivity index (χ3n) is 5.64. The highest BCUT2D eigenvalue weighted by molar-refractivity contribution is 5.94. The number of hydrogen-bond donors (Lipinski definition) is 2. The fraction of sp³-hybridized carbons (Fsp3) is 0.474. The number of carbonyl (C=O) groups excluding carboxylic acids is 1. The molecule has 152 valence electrons. The summed E-state index contributed by atoms with van der Waals surface area (Å²) in [7, 11) is 0. The second-order valence-corrected chi connectivity index (χ2v) is 7.42. The monoisotopic (exact) mass is 404 g/mol. The molecule has 1 fully saturated rings. The van der Waals surface area contributed by atoms with Crippen LogP contribution in [0.5, 0.6) is 0 Å². The lowest BCUT2D eigenvalue weighted by molar-refractivity contribution is -0.156. The van der Waals surface area contributed by atoms with Gasteiger partial charge in [0.1, 0.15) is 11.9 Å². The smallest absolute Gasteiger partial charge is 0.357 e. The summed E-state index contributed by atoms with van der Waals surface area (Å²) in [5.41, 5.74) is 1.71. The number of aryl methyl sites for hydroxylation is 1. The molecule has 1 saturated heterocycles. The SMILES string of the molecule is Cc1nc(N2CCC(c3[nH]nc4c3C(C(F)(F)F)CC(=O)N4)CC2)ccc1C#N. The first-order valence-corrected chi connectivity index (χ1v) is 9.35. The average molecular weight is 404 g/mol. The molecule has 1 atom stereocenters. The molecule has 10 heteroatoms. The van der Waals surface area contributed by atoms with Gasteiger partial charge < -0.3 is 10.2 Å². The van der Waals surface area contributed by atoms with Gasteiger partial charge in [-0.3, -0.25) is 9.89 Å². The largest absolute Gasteiger partial charge is 0.396 e. The molecule has 0 radical (unpaired) electrons. The number of halogens is 3. The predicted octanol–water partition coefficient (Wildman–Crippen LogP) is 3.36. The first kappa shape index (κ1) is 19.2. The maximum atomic E-state index is 13.5. The van der Waals surface area contributed by atoms with Crippen molar-refractivity contribution >= 4 is 17.5 Å². The molecule has 0 aliphatic carbocycles. The minimum Gasteiger partial charge on any atom is -0.357 e. The minimum atomic E-state index is -4.50. The molecule has 1 amide bonds. The maximum Gasteiger partial charge on any atom is 0.396 e. The lowest BCUT2D eigenvalue weighted by Crippen LogP contribution is -2.35. The molecular formula is C19H19F3N6O. The first-order chi connectivity index (χ1) is 13.8. The number of alkyl halides is 3. The molecule has 0 saturated carbocycles. The second kappa shape index (κ2) is 7.06. The zero-order chi connectivity index (χ0) is 20.8. The van der Waals surface area contributed by atoms with E-state index in [1.807, 2.05) is 0 Å². The highest BCUT2D eigenvalue weighted by Gasteiger charge is 2.48. The van der Waals surface area contributed by atoms with Gasteiger partial charge in [0.15, 0.2) is 5.82 Å². The number of aromatic nitrogens is 3. The van der Waals surface area contributed by atoms with Crippen LogP contribution < -0.4 is 10.2 Å². The second-order valence-electron chi connectivity index (χ2n) is 7.42. The number of nitriles is 1. The van der Waals surface area contributed by atoms with Crippen molar-refractivity contribution in [3.63, 3.8) is 0 Å². The summed E-state index contributed by atoms with van der Waals surface area (Å²) in [5.74, 6) is -1.87. The van der Waals surface area contributed by atoms with Crippen molar-refractivity contribution < 1.29 is 18.0 Å². The van der Waals surface area contributed by atoms with Crippen LogP contribution in [0.2, 0.25) is 0 Å². The predicted molar refractivity (Wildman–Crippen MR) is 98.5 cm³/mol. The van der Waals surface area contributed by atoms with Crippen molar-refractivity contribution in [1.82, 2.24) is 15.2 Å². The number of anilines is 2. The van der Waals surface area contributed by atoms with Crippen molar-refractivity contribution in [3.8, 4) is 6.07 Å². The van der Waals surface area contributed by atoms with Crippen LogP contribution in [0.1, 0.15) is 53.6 Å². The average Bonchev–Trinajstić information content (AvgIpc) is 3.10. The van der Waals surface area contributed by atoms with Crippen molar-refractivity contribution in [2.24, 2.45) is 0 Å². The Kier molecular flexibility index (Phi) is 4.68. The fourth-order valence-corrected chi connectivity index (χ4v) is 4.11. The zero-order valence-electron chi connectivity index (χ0n) is 15.7. The van der Waals surface area contributed by atoms with E-state index in [0.29, 0.717) is 42.9 Å². The van der Waals surface area contributed by atoms with E-state index in [9.17, 15) is 18.0 Å². The highest BCUT2D eigenvalue weighted by Crippen LogP contribution is 2.46. The molecule has 2 aliphatic heterocycles. The van der Waals surface area contributed by atoms with Crippen LogP contribution in [0.15, 0.2) is 12.1 Å². The lowest BCUT2D eigenvalue weighted by Gasteiger charge is -2.34. The molecule has 2 N–H and O–H groups in total. The van der Waals surface area contributed by atoms with Gasteiger partial charge in [0.05, 0.1) is 17.2 Å². The number of amides is 1. The Morgan fingerprint density at radius 3 is 2.62 bits per heavy atom. The van der Waals surface area contributed by atoms with Gasteiger partial charge in [-0.05, 0) is 31.9 Å². The number of fused-ring (bicyclic) bond motifs is 1. The van der Waals surface area contributed by atoms with Gasteiger partial charge in [0.25, 0.3) is 0 Å². The van der Waals surface area contributed by atoms with E-state index in [0.717, 1.165) is 5.82 Å². The van der Waals surface area contributed by atoms with Crippen LogP contribution in [0.25, 0.3) is 0 Å². The van der Waals surface area contributed by atoms with Gasteiger partial charge in [0, 0.05) is 36.7 Å². The molecule has 2 aliphatic rings. The Labute approximate surface area is 164 Å². The van der Waals surface area contributed by atoms with Crippen LogP contribution in [-0.4, -0.2) is 40.4 Å². The summed E-state index contributed by atoms with van der Waals surface area (Å²) in [5, 5.41) is 18.2.